The Hall–Kier alpha value is -2.64. The number of hydrogen-bond acceptors (Lipinski definition) is 6. The number of para-hydroxylation sites is 1. The zero-order chi connectivity index (χ0) is 20.2. The highest BCUT2D eigenvalue weighted by Crippen LogP contribution is 2.29. The third kappa shape index (κ3) is 4.36. The maximum absolute atomic E-state index is 12.9. The van der Waals surface area contributed by atoms with Crippen LogP contribution in [0, 0.1) is 0 Å². The predicted octanol–water partition coefficient (Wildman–Crippen LogP) is 3.66. The normalized spacial score (nSPS) is 14.9. The van der Waals surface area contributed by atoms with Gasteiger partial charge in [-0.3, -0.25) is 9.69 Å². The molecule has 0 aliphatic carbocycles. The Kier molecular flexibility index (Phi) is 5.97. The van der Waals surface area contributed by atoms with Gasteiger partial charge in [0.2, 0.25) is 0 Å². The first-order valence-corrected chi connectivity index (χ1v) is 10.7. The second-order valence-electron chi connectivity index (χ2n) is 6.94. The Morgan fingerprint density at radius 2 is 1.90 bits per heavy atom. The molecule has 4 rings (SSSR count). The van der Waals surface area contributed by atoms with E-state index >= 15 is 0 Å². The van der Waals surface area contributed by atoms with E-state index in [9.17, 15) is 4.79 Å². The van der Waals surface area contributed by atoms with Gasteiger partial charge in [0.25, 0.3) is 5.91 Å². The molecule has 0 radical (unpaired) electrons. The lowest BCUT2D eigenvalue weighted by atomic mass is 10.1. The van der Waals surface area contributed by atoms with Crippen molar-refractivity contribution in [2.24, 2.45) is 0 Å². The van der Waals surface area contributed by atoms with Crippen molar-refractivity contribution < 1.29 is 14.3 Å². The van der Waals surface area contributed by atoms with Crippen molar-refractivity contribution in [1.82, 2.24) is 14.8 Å². The molecule has 3 aromatic rings. The molecule has 0 spiro atoms. The Bertz CT molecular complexity index is 963. The van der Waals surface area contributed by atoms with Crippen molar-refractivity contribution in [2.75, 3.05) is 39.9 Å². The van der Waals surface area contributed by atoms with Crippen LogP contribution in [0.1, 0.15) is 22.3 Å². The average Bonchev–Trinajstić information content (AvgIpc) is 3.16. The zero-order valence-corrected chi connectivity index (χ0v) is 17.6. The minimum absolute atomic E-state index is 0.0333. The van der Waals surface area contributed by atoms with Crippen molar-refractivity contribution in [2.45, 2.75) is 13.5 Å². The van der Waals surface area contributed by atoms with Crippen LogP contribution in [0.5, 0.6) is 11.5 Å². The van der Waals surface area contributed by atoms with Gasteiger partial charge in [-0.15, -0.1) is 11.3 Å². The van der Waals surface area contributed by atoms with Crippen molar-refractivity contribution in [1.29, 1.82) is 0 Å². The Morgan fingerprint density at radius 1 is 1.10 bits per heavy atom. The molecule has 1 saturated heterocycles. The monoisotopic (exact) mass is 411 g/mol. The van der Waals surface area contributed by atoms with Crippen LogP contribution in [0.25, 0.3) is 10.2 Å². The summed E-state index contributed by atoms with van der Waals surface area (Å²) in [5.41, 5.74) is 1.69. The first-order chi connectivity index (χ1) is 14.2. The number of carbonyl (C=O) groups is 1. The molecule has 1 fully saturated rings. The number of aromatic nitrogens is 1. The number of nitrogens with zero attached hydrogens (tertiary/aromatic N) is 3. The number of benzene rings is 2. The second-order valence-corrected chi connectivity index (χ2v) is 8.06. The van der Waals surface area contributed by atoms with Gasteiger partial charge in [0.1, 0.15) is 5.01 Å². The maximum atomic E-state index is 12.9. The van der Waals surface area contributed by atoms with E-state index in [1.54, 1.807) is 30.6 Å². The average molecular weight is 412 g/mol. The van der Waals surface area contributed by atoms with E-state index in [0.29, 0.717) is 36.8 Å². The number of ether oxygens (including phenoxy) is 2. The molecule has 1 aromatic heterocycles. The van der Waals surface area contributed by atoms with Crippen molar-refractivity contribution in [3.8, 4) is 11.5 Å². The highest BCUT2D eigenvalue weighted by atomic mass is 32.1. The highest BCUT2D eigenvalue weighted by Gasteiger charge is 2.23. The lowest BCUT2D eigenvalue weighted by Crippen LogP contribution is -2.48. The summed E-state index contributed by atoms with van der Waals surface area (Å²) < 4.78 is 12.1. The summed E-state index contributed by atoms with van der Waals surface area (Å²) in [7, 11) is 1.59. The smallest absolute Gasteiger partial charge is 0.254 e. The molecule has 0 unspecified atom stereocenters. The molecule has 0 N–H and O–H groups in total. The summed E-state index contributed by atoms with van der Waals surface area (Å²) >= 11 is 1.75. The third-order valence-corrected chi connectivity index (χ3v) is 6.09. The van der Waals surface area contributed by atoms with E-state index in [1.807, 2.05) is 30.0 Å². The molecule has 0 bridgehead atoms. The number of thiazole rings is 1. The van der Waals surface area contributed by atoms with Crippen LogP contribution in [0.4, 0.5) is 0 Å². The van der Waals surface area contributed by atoms with E-state index in [1.165, 1.54) is 4.70 Å². The third-order valence-electron chi connectivity index (χ3n) is 5.07. The SMILES string of the molecule is CCOc1ccc(C(=O)N2CCN(Cc3nc4ccccc4s3)CC2)cc1OC. The van der Waals surface area contributed by atoms with Gasteiger partial charge in [0.15, 0.2) is 11.5 Å². The first kappa shape index (κ1) is 19.7. The second kappa shape index (κ2) is 8.80. The van der Waals surface area contributed by atoms with E-state index in [0.717, 1.165) is 30.2 Å². The fourth-order valence-corrected chi connectivity index (χ4v) is 4.56. The molecule has 6 nitrogen and oxygen atoms in total. The van der Waals surface area contributed by atoms with Gasteiger partial charge >= 0.3 is 0 Å². The van der Waals surface area contributed by atoms with Crippen LogP contribution >= 0.6 is 11.3 Å². The van der Waals surface area contributed by atoms with Crippen LogP contribution < -0.4 is 9.47 Å². The van der Waals surface area contributed by atoms with Crippen LogP contribution in [0.2, 0.25) is 0 Å². The van der Waals surface area contributed by atoms with E-state index < -0.39 is 0 Å². The van der Waals surface area contributed by atoms with Gasteiger partial charge in [-0.2, -0.15) is 0 Å². The summed E-state index contributed by atoms with van der Waals surface area (Å²) in [4.78, 5) is 21.9. The summed E-state index contributed by atoms with van der Waals surface area (Å²) in [6.07, 6.45) is 0. The number of methoxy groups -OCH3 is 1. The number of fused-ring (bicyclic) bond motifs is 1. The number of rotatable bonds is 6. The molecule has 0 saturated carbocycles. The van der Waals surface area contributed by atoms with E-state index in [-0.39, 0.29) is 5.91 Å². The number of carbonyl (C=O) groups excluding carboxylic acids is 1. The molecular weight excluding hydrogens is 386 g/mol. The Labute approximate surface area is 174 Å². The zero-order valence-electron chi connectivity index (χ0n) is 16.8. The lowest BCUT2D eigenvalue weighted by Gasteiger charge is -2.34. The molecule has 7 heteroatoms. The molecule has 1 aliphatic rings. The maximum Gasteiger partial charge on any atom is 0.254 e. The number of hydrogen-bond donors (Lipinski definition) is 0. The highest BCUT2D eigenvalue weighted by molar-refractivity contribution is 7.18. The minimum Gasteiger partial charge on any atom is -0.493 e. The minimum atomic E-state index is 0.0333. The molecule has 2 heterocycles. The molecular formula is C22H25N3O3S. The first-order valence-electron chi connectivity index (χ1n) is 9.85. The van der Waals surface area contributed by atoms with Gasteiger partial charge in [-0.25, -0.2) is 4.98 Å². The molecule has 2 aromatic carbocycles. The quantitative estimate of drug-likeness (QED) is 0.620. The predicted molar refractivity (Wildman–Crippen MR) is 115 cm³/mol. The van der Waals surface area contributed by atoms with Gasteiger partial charge in [-0.05, 0) is 37.3 Å². The van der Waals surface area contributed by atoms with Crippen molar-refractivity contribution in [3.05, 3.63) is 53.0 Å². The molecule has 152 valence electrons. The molecule has 29 heavy (non-hydrogen) atoms. The van der Waals surface area contributed by atoms with Crippen molar-refractivity contribution >= 4 is 27.5 Å². The van der Waals surface area contributed by atoms with Crippen LogP contribution in [0.15, 0.2) is 42.5 Å². The van der Waals surface area contributed by atoms with E-state index in [4.69, 9.17) is 14.5 Å². The summed E-state index contributed by atoms with van der Waals surface area (Å²) in [6, 6.07) is 13.6. The Morgan fingerprint density at radius 3 is 2.62 bits per heavy atom. The Balaban J connectivity index is 1.37. The molecule has 1 aliphatic heterocycles. The van der Waals surface area contributed by atoms with Gasteiger partial charge in [-0.1, -0.05) is 12.1 Å². The topological polar surface area (TPSA) is 54.9 Å². The fourth-order valence-electron chi connectivity index (χ4n) is 3.55. The number of piperazine rings is 1. The number of amides is 1. The van der Waals surface area contributed by atoms with Crippen molar-refractivity contribution in [3.63, 3.8) is 0 Å². The summed E-state index contributed by atoms with van der Waals surface area (Å²) in [6.45, 7) is 6.41. The molecule has 1 amide bonds. The molecule has 0 atom stereocenters. The van der Waals surface area contributed by atoms with Gasteiger partial charge < -0.3 is 14.4 Å². The summed E-state index contributed by atoms with van der Waals surface area (Å²) in [5.74, 6) is 1.28. The summed E-state index contributed by atoms with van der Waals surface area (Å²) in [5, 5.41) is 1.13. The largest absolute Gasteiger partial charge is 0.493 e. The van der Waals surface area contributed by atoms with E-state index in [2.05, 4.69) is 17.0 Å². The lowest BCUT2D eigenvalue weighted by molar-refractivity contribution is 0.0628. The fraction of sp³-hybridized carbons (Fsp3) is 0.364. The van der Waals surface area contributed by atoms with Crippen LogP contribution in [-0.2, 0) is 6.54 Å². The van der Waals surface area contributed by atoms with Gasteiger partial charge in [0, 0.05) is 31.7 Å². The van der Waals surface area contributed by atoms with Gasteiger partial charge in [0.05, 0.1) is 30.5 Å². The standard InChI is InChI=1S/C22H25N3O3S/c1-3-28-18-9-8-16(14-19(18)27-2)22(26)25-12-10-24(11-13-25)15-21-23-17-6-4-5-7-20(17)29-21/h4-9,14H,3,10-13,15H2,1-2H3. The van der Waals surface area contributed by atoms with Crippen LogP contribution in [0.3, 0.4) is 0 Å². The van der Waals surface area contributed by atoms with Crippen LogP contribution in [-0.4, -0.2) is 60.6 Å².